The molecule has 0 saturated carbocycles. The van der Waals surface area contributed by atoms with Crippen LogP contribution in [0.3, 0.4) is 0 Å². The van der Waals surface area contributed by atoms with Gasteiger partial charge in [0.1, 0.15) is 10.6 Å². The number of rotatable bonds is 7. The van der Waals surface area contributed by atoms with Crippen molar-refractivity contribution in [1.82, 2.24) is 14.9 Å². The van der Waals surface area contributed by atoms with Gasteiger partial charge in [0.15, 0.2) is 5.16 Å². The second kappa shape index (κ2) is 8.81. The molecule has 0 bridgehead atoms. The Morgan fingerprint density at radius 2 is 2.10 bits per heavy atom. The summed E-state index contributed by atoms with van der Waals surface area (Å²) in [5.74, 6) is 0.671. The number of carbonyl (C=O) groups is 1. The monoisotopic (exact) mass is 443 g/mol. The van der Waals surface area contributed by atoms with E-state index in [1.165, 1.54) is 16.6 Å². The Kier molecular flexibility index (Phi) is 6.15. The van der Waals surface area contributed by atoms with Crippen molar-refractivity contribution >= 4 is 39.2 Å². The normalized spacial score (nSPS) is 14.0. The van der Waals surface area contributed by atoms with E-state index in [1.54, 1.807) is 23.0 Å². The fourth-order valence-electron chi connectivity index (χ4n) is 3.67. The first-order chi connectivity index (χ1) is 14.5. The number of amides is 1. The first-order valence-corrected chi connectivity index (χ1v) is 11.9. The average molecular weight is 444 g/mol. The molecule has 1 aliphatic carbocycles. The van der Waals surface area contributed by atoms with Gasteiger partial charge in [0, 0.05) is 11.4 Å². The van der Waals surface area contributed by atoms with Gasteiger partial charge in [-0.3, -0.25) is 14.2 Å². The van der Waals surface area contributed by atoms with E-state index >= 15 is 0 Å². The molecule has 0 spiro atoms. The van der Waals surface area contributed by atoms with E-state index in [1.807, 2.05) is 38.1 Å². The molecule has 4 rings (SSSR count). The summed E-state index contributed by atoms with van der Waals surface area (Å²) in [6.07, 6.45) is 3.91. The Hall–Kier alpha value is -2.32. The smallest absolute Gasteiger partial charge is 0.267 e. The molecule has 1 atom stereocenters. The molecule has 1 N–H and O–H groups in total. The standard InChI is InChI=1S/C22H25N3O3S2/c1-4-12-23-19(26)13(2)29-22-24-20-18(16-6-5-7-17(16)30-20)21(27)25(22)14-8-10-15(28-3)11-9-14/h8-11,13H,4-7,12H2,1-3H3,(H,23,26)/t13-/m0/s1. The van der Waals surface area contributed by atoms with Crippen LogP contribution in [-0.4, -0.2) is 34.4 Å². The maximum atomic E-state index is 13.6. The van der Waals surface area contributed by atoms with Gasteiger partial charge < -0.3 is 10.1 Å². The largest absolute Gasteiger partial charge is 0.497 e. The Morgan fingerprint density at radius 1 is 1.33 bits per heavy atom. The lowest BCUT2D eigenvalue weighted by molar-refractivity contribution is -0.120. The van der Waals surface area contributed by atoms with E-state index in [4.69, 9.17) is 9.72 Å². The minimum Gasteiger partial charge on any atom is -0.497 e. The third-order valence-electron chi connectivity index (χ3n) is 5.24. The molecule has 1 aromatic carbocycles. The minimum atomic E-state index is -0.364. The van der Waals surface area contributed by atoms with Gasteiger partial charge in [0.25, 0.3) is 5.56 Å². The van der Waals surface area contributed by atoms with Crippen LogP contribution in [0.25, 0.3) is 15.9 Å². The number of nitrogens with one attached hydrogen (secondary N) is 1. The van der Waals surface area contributed by atoms with Crippen molar-refractivity contribution in [3.8, 4) is 11.4 Å². The predicted octanol–water partition coefficient (Wildman–Crippen LogP) is 3.95. The number of aryl methyl sites for hydroxylation is 2. The number of fused-ring (bicyclic) bond motifs is 3. The van der Waals surface area contributed by atoms with Gasteiger partial charge in [0.2, 0.25) is 5.91 Å². The highest BCUT2D eigenvalue weighted by molar-refractivity contribution is 8.00. The van der Waals surface area contributed by atoms with Crippen LogP contribution in [0.4, 0.5) is 0 Å². The second-order valence-corrected chi connectivity index (χ2v) is 9.71. The highest BCUT2D eigenvalue weighted by atomic mass is 32.2. The van der Waals surface area contributed by atoms with Gasteiger partial charge in [-0.05, 0) is 62.4 Å². The third kappa shape index (κ3) is 3.86. The van der Waals surface area contributed by atoms with Crippen molar-refractivity contribution in [2.75, 3.05) is 13.7 Å². The van der Waals surface area contributed by atoms with Gasteiger partial charge in [-0.1, -0.05) is 18.7 Å². The molecule has 0 fully saturated rings. The van der Waals surface area contributed by atoms with Crippen molar-refractivity contribution in [2.24, 2.45) is 0 Å². The summed E-state index contributed by atoms with van der Waals surface area (Å²) in [6.45, 7) is 4.50. The van der Waals surface area contributed by atoms with Gasteiger partial charge in [-0.2, -0.15) is 0 Å². The summed E-state index contributed by atoms with van der Waals surface area (Å²) in [7, 11) is 1.61. The maximum absolute atomic E-state index is 13.6. The van der Waals surface area contributed by atoms with E-state index in [0.29, 0.717) is 11.7 Å². The van der Waals surface area contributed by atoms with E-state index < -0.39 is 0 Å². The number of benzene rings is 1. The average Bonchev–Trinajstić information content (AvgIpc) is 3.33. The molecule has 158 valence electrons. The van der Waals surface area contributed by atoms with Crippen molar-refractivity contribution in [2.45, 2.75) is 49.9 Å². The quantitative estimate of drug-likeness (QED) is 0.442. The topological polar surface area (TPSA) is 73.2 Å². The molecular formula is C22H25N3O3S2. The summed E-state index contributed by atoms with van der Waals surface area (Å²) in [6, 6.07) is 7.37. The van der Waals surface area contributed by atoms with Crippen LogP contribution >= 0.6 is 23.1 Å². The number of hydrogen-bond acceptors (Lipinski definition) is 6. The van der Waals surface area contributed by atoms with Crippen LogP contribution in [0.15, 0.2) is 34.2 Å². The lowest BCUT2D eigenvalue weighted by Crippen LogP contribution is -2.32. The fourth-order valence-corrected chi connectivity index (χ4v) is 5.92. The Balaban J connectivity index is 1.83. The number of hydrogen-bond donors (Lipinski definition) is 1. The van der Waals surface area contributed by atoms with Gasteiger partial charge in [-0.15, -0.1) is 11.3 Å². The van der Waals surface area contributed by atoms with Crippen LogP contribution in [0, 0.1) is 0 Å². The second-order valence-electron chi connectivity index (χ2n) is 7.32. The molecule has 30 heavy (non-hydrogen) atoms. The van der Waals surface area contributed by atoms with Crippen LogP contribution in [-0.2, 0) is 17.6 Å². The number of aromatic nitrogens is 2. The molecule has 2 heterocycles. The Morgan fingerprint density at radius 3 is 2.80 bits per heavy atom. The zero-order valence-electron chi connectivity index (χ0n) is 17.4. The fraction of sp³-hybridized carbons (Fsp3) is 0.409. The number of nitrogens with zero attached hydrogens (tertiary/aromatic N) is 2. The number of thioether (sulfide) groups is 1. The van der Waals surface area contributed by atoms with Crippen molar-refractivity contribution < 1.29 is 9.53 Å². The summed E-state index contributed by atoms with van der Waals surface area (Å²) in [4.78, 5) is 33.0. The lowest BCUT2D eigenvalue weighted by atomic mass is 10.2. The van der Waals surface area contributed by atoms with Gasteiger partial charge in [-0.25, -0.2) is 4.98 Å². The Bertz CT molecular complexity index is 1140. The summed E-state index contributed by atoms with van der Waals surface area (Å²) in [5.41, 5.74) is 1.81. The molecule has 1 aliphatic rings. The molecule has 1 amide bonds. The highest BCUT2D eigenvalue weighted by Gasteiger charge is 2.25. The van der Waals surface area contributed by atoms with Crippen LogP contribution < -0.4 is 15.6 Å². The first-order valence-electron chi connectivity index (χ1n) is 10.2. The maximum Gasteiger partial charge on any atom is 0.267 e. The zero-order chi connectivity index (χ0) is 21.3. The SMILES string of the molecule is CCCNC(=O)[C@H](C)Sc1nc2sc3c(c2c(=O)n1-c1ccc(OC)cc1)CCC3. The minimum absolute atomic E-state index is 0.0499. The van der Waals surface area contributed by atoms with E-state index in [-0.39, 0.29) is 16.7 Å². The van der Waals surface area contributed by atoms with E-state index in [2.05, 4.69) is 5.32 Å². The molecular weight excluding hydrogens is 418 g/mol. The van der Waals surface area contributed by atoms with E-state index in [0.717, 1.165) is 52.9 Å². The van der Waals surface area contributed by atoms with Crippen LogP contribution in [0.1, 0.15) is 37.1 Å². The van der Waals surface area contributed by atoms with Crippen molar-refractivity contribution in [3.05, 3.63) is 45.1 Å². The summed E-state index contributed by atoms with van der Waals surface area (Å²) < 4.78 is 6.90. The number of methoxy groups -OCH3 is 1. The first kappa shape index (κ1) is 20.9. The summed E-state index contributed by atoms with van der Waals surface area (Å²) >= 11 is 2.93. The molecule has 2 aromatic heterocycles. The number of thiophene rings is 1. The third-order valence-corrected chi connectivity index (χ3v) is 7.48. The summed E-state index contributed by atoms with van der Waals surface area (Å²) in [5, 5.41) is 3.83. The molecule has 0 aliphatic heterocycles. The molecule has 3 aromatic rings. The molecule has 0 saturated heterocycles. The number of ether oxygens (including phenoxy) is 1. The lowest BCUT2D eigenvalue weighted by Gasteiger charge is -2.16. The molecule has 6 nitrogen and oxygen atoms in total. The Labute approximate surface area is 183 Å². The zero-order valence-corrected chi connectivity index (χ0v) is 19.0. The van der Waals surface area contributed by atoms with Crippen molar-refractivity contribution in [1.29, 1.82) is 0 Å². The van der Waals surface area contributed by atoms with Gasteiger partial charge >= 0.3 is 0 Å². The predicted molar refractivity (Wildman–Crippen MR) is 122 cm³/mol. The van der Waals surface area contributed by atoms with Crippen molar-refractivity contribution in [3.63, 3.8) is 0 Å². The van der Waals surface area contributed by atoms with Crippen LogP contribution in [0.2, 0.25) is 0 Å². The highest BCUT2D eigenvalue weighted by Crippen LogP contribution is 2.36. The molecule has 0 radical (unpaired) electrons. The molecule has 0 unspecified atom stereocenters. The number of carbonyl (C=O) groups excluding carboxylic acids is 1. The van der Waals surface area contributed by atoms with E-state index in [9.17, 15) is 9.59 Å². The molecule has 8 heteroatoms. The van der Waals surface area contributed by atoms with Gasteiger partial charge in [0.05, 0.1) is 23.4 Å². The van der Waals surface area contributed by atoms with Crippen LogP contribution in [0.5, 0.6) is 5.75 Å².